The van der Waals surface area contributed by atoms with Gasteiger partial charge in [-0.25, -0.2) is 0 Å². The molecule has 0 spiro atoms. The van der Waals surface area contributed by atoms with Crippen LogP contribution in [-0.2, 0) is 12.8 Å². The first kappa shape index (κ1) is 27.4. The summed E-state index contributed by atoms with van der Waals surface area (Å²) < 4.78 is 22.3. The van der Waals surface area contributed by atoms with E-state index in [1.165, 1.54) is 35.1 Å². The minimum atomic E-state index is 0. The largest absolute Gasteiger partial charge is 0.493 e. The molecule has 0 fully saturated rings. The minimum Gasteiger partial charge on any atom is -0.493 e. The molecule has 2 unspecified atom stereocenters. The molecule has 4 rings (SSSR count). The van der Waals surface area contributed by atoms with Crippen molar-refractivity contribution in [2.75, 3.05) is 41.5 Å². The highest BCUT2D eigenvalue weighted by Crippen LogP contribution is 2.38. The summed E-state index contributed by atoms with van der Waals surface area (Å²) in [6, 6.07) is 9.41. The van der Waals surface area contributed by atoms with Gasteiger partial charge in [-0.2, -0.15) is 0 Å². The van der Waals surface area contributed by atoms with Gasteiger partial charge in [-0.3, -0.25) is 0 Å². The van der Waals surface area contributed by atoms with Crippen molar-refractivity contribution in [3.05, 3.63) is 46.5 Å². The molecular weight excluding hydrogens is 464 g/mol. The molecule has 6 nitrogen and oxygen atoms in total. The van der Waals surface area contributed by atoms with Gasteiger partial charge < -0.3 is 29.6 Å². The highest BCUT2D eigenvalue weighted by Gasteiger charge is 2.23. The van der Waals surface area contributed by atoms with E-state index in [1.807, 2.05) is 0 Å². The van der Waals surface area contributed by atoms with Gasteiger partial charge >= 0.3 is 0 Å². The second kappa shape index (κ2) is 13.2. The number of fused-ring (bicyclic) bond motifs is 2. The number of methoxy groups -OCH3 is 4. The van der Waals surface area contributed by atoms with Crippen molar-refractivity contribution in [2.24, 2.45) is 0 Å². The zero-order valence-electron chi connectivity index (χ0n) is 21.6. The number of nitrogens with one attached hydrogen (secondary N) is 2. The maximum atomic E-state index is 5.60. The van der Waals surface area contributed by atoms with E-state index in [4.69, 9.17) is 18.9 Å². The molecule has 0 radical (unpaired) electrons. The van der Waals surface area contributed by atoms with E-state index in [9.17, 15) is 0 Å². The van der Waals surface area contributed by atoms with Crippen molar-refractivity contribution in [3.63, 3.8) is 0 Å². The molecule has 2 atom stereocenters. The molecule has 35 heavy (non-hydrogen) atoms. The molecule has 2 aromatic rings. The van der Waals surface area contributed by atoms with Gasteiger partial charge in [0.05, 0.1) is 28.4 Å². The van der Waals surface area contributed by atoms with Crippen molar-refractivity contribution >= 4 is 12.4 Å². The van der Waals surface area contributed by atoms with E-state index in [1.54, 1.807) is 28.4 Å². The lowest BCUT2D eigenvalue weighted by Crippen LogP contribution is -2.22. The van der Waals surface area contributed by atoms with Crippen LogP contribution in [-0.4, -0.2) is 41.5 Å². The van der Waals surface area contributed by atoms with Gasteiger partial charge in [0.25, 0.3) is 0 Å². The van der Waals surface area contributed by atoms with Crippen LogP contribution >= 0.6 is 12.4 Å². The number of hydrogen-bond donors (Lipinski definition) is 2. The third kappa shape index (κ3) is 6.35. The predicted octanol–water partition coefficient (Wildman–Crippen LogP) is 5.56. The molecule has 0 bridgehead atoms. The molecule has 0 saturated heterocycles. The molecular formula is C28H41ClN2O4. The standard InChI is InChI=1S/C28H40N2O4.ClH/c1-31-25-15-19-9-7-13-29-23(21(19)17-27(25)33-3)11-5-6-12-24-22-18-28(34-4)26(32-2)16-20(22)10-8-14-30-24;/h15-18,23-24,29-30H,5-14H2,1-4H3;1H. The van der Waals surface area contributed by atoms with Crippen LogP contribution in [0.15, 0.2) is 24.3 Å². The fraction of sp³-hybridized carbons (Fsp3) is 0.571. The summed E-state index contributed by atoms with van der Waals surface area (Å²) in [5.41, 5.74) is 5.50. The number of hydrogen-bond acceptors (Lipinski definition) is 6. The van der Waals surface area contributed by atoms with Crippen molar-refractivity contribution in [1.82, 2.24) is 10.6 Å². The van der Waals surface area contributed by atoms with Gasteiger partial charge in [0.2, 0.25) is 0 Å². The Morgan fingerprint density at radius 3 is 1.37 bits per heavy atom. The molecule has 194 valence electrons. The summed E-state index contributed by atoms with van der Waals surface area (Å²) in [5.74, 6) is 3.29. The van der Waals surface area contributed by atoms with Crippen LogP contribution in [0, 0.1) is 0 Å². The Labute approximate surface area is 216 Å². The molecule has 2 heterocycles. The van der Waals surface area contributed by atoms with Crippen LogP contribution in [0.2, 0.25) is 0 Å². The summed E-state index contributed by atoms with van der Waals surface area (Å²) in [7, 11) is 6.85. The molecule has 0 aliphatic carbocycles. The average Bonchev–Trinajstić information content (AvgIpc) is 3.20. The molecule has 2 aromatic carbocycles. The number of unbranched alkanes of at least 4 members (excludes halogenated alkanes) is 1. The zero-order chi connectivity index (χ0) is 23.9. The van der Waals surface area contributed by atoms with E-state index in [0.717, 1.165) is 74.6 Å². The molecule has 7 heteroatoms. The molecule has 0 aromatic heterocycles. The van der Waals surface area contributed by atoms with Gasteiger partial charge in [-0.05, 0) is 98.1 Å². The minimum absolute atomic E-state index is 0. The van der Waals surface area contributed by atoms with Crippen molar-refractivity contribution in [1.29, 1.82) is 0 Å². The molecule has 2 aliphatic rings. The van der Waals surface area contributed by atoms with E-state index in [0.29, 0.717) is 12.1 Å². The average molecular weight is 505 g/mol. The first-order chi connectivity index (χ1) is 16.7. The molecule has 2 aliphatic heterocycles. The Morgan fingerprint density at radius 1 is 0.629 bits per heavy atom. The van der Waals surface area contributed by atoms with Crippen LogP contribution in [0.5, 0.6) is 23.0 Å². The Kier molecular flexibility index (Phi) is 10.4. The van der Waals surface area contributed by atoms with Gasteiger partial charge in [0.15, 0.2) is 23.0 Å². The lowest BCUT2D eigenvalue weighted by Gasteiger charge is -2.23. The Morgan fingerprint density at radius 2 is 1.00 bits per heavy atom. The monoisotopic (exact) mass is 504 g/mol. The van der Waals surface area contributed by atoms with E-state index < -0.39 is 0 Å². The second-order valence-electron chi connectivity index (χ2n) is 9.32. The molecule has 2 N–H and O–H groups in total. The lowest BCUT2D eigenvalue weighted by atomic mass is 9.92. The number of rotatable bonds is 9. The molecule has 0 saturated carbocycles. The quantitative estimate of drug-likeness (QED) is 0.436. The first-order valence-electron chi connectivity index (χ1n) is 12.6. The van der Waals surface area contributed by atoms with Crippen molar-refractivity contribution in [3.8, 4) is 23.0 Å². The van der Waals surface area contributed by atoms with Gasteiger partial charge in [0, 0.05) is 12.1 Å². The first-order valence-corrected chi connectivity index (χ1v) is 12.6. The molecule has 0 amide bonds. The summed E-state index contributed by atoms with van der Waals surface area (Å²) in [4.78, 5) is 0. The summed E-state index contributed by atoms with van der Waals surface area (Å²) in [6.45, 7) is 2.09. The third-order valence-electron chi connectivity index (χ3n) is 7.30. The smallest absolute Gasteiger partial charge is 0.161 e. The van der Waals surface area contributed by atoms with Crippen molar-refractivity contribution in [2.45, 2.75) is 63.5 Å². The number of ether oxygens (including phenoxy) is 4. The highest BCUT2D eigenvalue weighted by molar-refractivity contribution is 5.85. The van der Waals surface area contributed by atoms with Crippen LogP contribution in [0.3, 0.4) is 0 Å². The van der Waals surface area contributed by atoms with Gasteiger partial charge in [0.1, 0.15) is 0 Å². The van der Waals surface area contributed by atoms with Crippen LogP contribution in [0.25, 0.3) is 0 Å². The van der Waals surface area contributed by atoms with Gasteiger partial charge in [-0.1, -0.05) is 12.8 Å². The summed E-state index contributed by atoms with van der Waals surface area (Å²) in [6.07, 6.45) is 9.03. The summed E-state index contributed by atoms with van der Waals surface area (Å²) in [5, 5.41) is 7.55. The Balaban J connectivity index is 0.00000342. The Bertz CT molecular complexity index is 891. The van der Waals surface area contributed by atoms with Crippen molar-refractivity contribution < 1.29 is 18.9 Å². The maximum absolute atomic E-state index is 5.60. The maximum Gasteiger partial charge on any atom is 0.161 e. The van der Waals surface area contributed by atoms with E-state index in [2.05, 4.69) is 34.9 Å². The second-order valence-corrected chi connectivity index (χ2v) is 9.32. The van der Waals surface area contributed by atoms with E-state index >= 15 is 0 Å². The number of halogens is 1. The van der Waals surface area contributed by atoms with Gasteiger partial charge in [-0.15, -0.1) is 12.4 Å². The van der Waals surface area contributed by atoms with Crippen LogP contribution < -0.4 is 29.6 Å². The SMILES string of the molecule is COc1cc2c(cc1OC)C(CCCCC1NCCCc3cc(OC)c(OC)cc31)NCCC2.Cl. The highest BCUT2D eigenvalue weighted by atomic mass is 35.5. The fourth-order valence-electron chi connectivity index (χ4n) is 5.50. The van der Waals surface area contributed by atoms with Crippen LogP contribution in [0.1, 0.15) is 72.9 Å². The number of benzene rings is 2. The fourth-order valence-corrected chi connectivity index (χ4v) is 5.50. The Hall–Kier alpha value is -2.15. The third-order valence-corrected chi connectivity index (χ3v) is 7.30. The summed E-state index contributed by atoms with van der Waals surface area (Å²) >= 11 is 0. The number of aryl methyl sites for hydroxylation is 2. The topological polar surface area (TPSA) is 61.0 Å². The lowest BCUT2D eigenvalue weighted by molar-refractivity contribution is 0.352. The van der Waals surface area contributed by atoms with Crippen LogP contribution in [0.4, 0.5) is 0 Å². The zero-order valence-corrected chi connectivity index (χ0v) is 22.4. The predicted molar refractivity (Wildman–Crippen MR) is 143 cm³/mol. The normalized spacial score (nSPS) is 19.3. The van der Waals surface area contributed by atoms with E-state index in [-0.39, 0.29) is 12.4 Å².